The first-order valence-electron chi connectivity index (χ1n) is 8.19. The van der Waals surface area contributed by atoms with Gasteiger partial charge in [0.2, 0.25) is 0 Å². The van der Waals surface area contributed by atoms with Gasteiger partial charge in [-0.25, -0.2) is 15.0 Å². The zero-order chi connectivity index (χ0) is 18.4. The molecule has 1 aliphatic heterocycles. The number of aromatic nitrogens is 4. The number of nitrogens with zero attached hydrogens (tertiary/aromatic N) is 4. The summed E-state index contributed by atoms with van der Waals surface area (Å²) in [4.78, 5) is 13.1. The SMILES string of the molecule is Cc1cccc(-c2nc(N)c3ncn([C@@H]4O[C@H](CO)[C@@H](O)[C@H]4O)c3n2)c1. The number of anilines is 1. The van der Waals surface area contributed by atoms with Crippen LogP contribution in [0.1, 0.15) is 11.8 Å². The number of aliphatic hydroxyl groups excluding tert-OH is 3. The molecule has 2 aromatic heterocycles. The van der Waals surface area contributed by atoms with Crippen molar-refractivity contribution in [1.29, 1.82) is 0 Å². The van der Waals surface area contributed by atoms with E-state index in [2.05, 4.69) is 15.0 Å². The molecular formula is C17H19N5O4. The van der Waals surface area contributed by atoms with Crippen LogP contribution in [0.15, 0.2) is 30.6 Å². The smallest absolute Gasteiger partial charge is 0.168 e. The molecule has 1 saturated heterocycles. The molecule has 0 unspecified atom stereocenters. The minimum Gasteiger partial charge on any atom is -0.394 e. The van der Waals surface area contributed by atoms with Crippen LogP contribution in [0.5, 0.6) is 0 Å². The Labute approximate surface area is 148 Å². The van der Waals surface area contributed by atoms with Crippen molar-refractivity contribution in [3.63, 3.8) is 0 Å². The van der Waals surface area contributed by atoms with Crippen molar-refractivity contribution in [3.05, 3.63) is 36.2 Å². The van der Waals surface area contributed by atoms with Crippen LogP contribution in [0.25, 0.3) is 22.6 Å². The summed E-state index contributed by atoms with van der Waals surface area (Å²) in [5.41, 5.74) is 8.65. The van der Waals surface area contributed by atoms with E-state index in [0.29, 0.717) is 17.0 Å². The molecule has 0 radical (unpaired) electrons. The molecule has 4 atom stereocenters. The largest absolute Gasteiger partial charge is 0.394 e. The van der Waals surface area contributed by atoms with E-state index in [4.69, 9.17) is 10.5 Å². The fourth-order valence-electron chi connectivity index (χ4n) is 3.15. The molecule has 5 N–H and O–H groups in total. The van der Waals surface area contributed by atoms with E-state index in [1.54, 1.807) is 0 Å². The van der Waals surface area contributed by atoms with Gasteiger partial charge in [-0.15, -0.1) is 0 Å². The standard InChI is InChI=1S/C17H19N5O4/c1-8-3-2-4-9(5-8)15-20-14(18)11-16(21-15)22(7-19-11)17-13(25)12(24)10(6-23)26-17/h2-5,7,10,12-13,17,23-25H,6H2,1H3,(H2,18,20,21)/t10-,12-,13-,17-/m1/s1. The summed E-state index contributed by atoms with van der Waals surface area (Å²) >= 11 is 0. The van der Waals surface area contributed by atoms with Crippen molar-refractivity contribution in [1.82, 2.24) is 19.5 Å². The van der Waals surface area contributed by atoms with E-state index < -0.39 is 31.1 Å². The average Bonchev–Trinajstić information content (AvgIpc) is 3.17. The minimum atomic E-state index is -1.23. The van der Waals surface area contributed by atoms with Gasteiger partial charge >= 0.3 is 0 Å². The van der Waals surface area contributed by atoms with Crippen LogP contribution in [0, 0.1) is 6.92 Å². The van der Waals surface area contributed by atoms with Crippen molar-refractivity contribution in [2.75, 3.05) is 12.3 Å². The van der Waals surface area contributed by atoms with Gasteiger partial charge in [-0.3, -0.25) is 4.57 Å². The summed E-state index contributed by atoms with van der Waals surface area (Å²) in [5, 5.41) is 29.5. The second-order valence-corrected chi connectivity index (χ2v) is 6.35. The van der Waals surface area contributed by atoms with Crippen LogP contribution in [0.3, 0.4) is 0 Å². The van der Waals surface area contributed by atoms with Crippen molar-refractivity contribution in [2.45, 2.75) is 31.5 Å². The lowest BCUT2D eigenvalue weighted by molar-refractivity contribution is -0.0511. The third kappa shape index (κ3) is 2.61. The molecule has 0 bridgehead atoms. The first-order chi connectivity index (χ1) is 12.5. The average molecular weight is 357 g/mol. The lowest BCUT2D eigenvalue weighted by atomic mass is 10.1. The van der Waals surface area contributed by atoms with E-state index in [-0.39, 0.29) is 5.82 Å². The lowest BCUT2D eigenvalue weighted by Crippen LogP contribution is -2.33. The Morgan fingerprint density at radius 1 is 1.23 bits per heavy atom. The monoisotopic (exact) mass is 357 g/mol. The van der Waals surface area contributed by atoms with Crippen LogP contribution in [0.4, 0.5) is 5.82 Å². The molecule has 9 nitrogen and oxygen atoms in total. The van der Waals surface area contributed by atoms with Gasteiger partial charge < -0.3 is 25.8 Å². The van der Waals surface area contributed by atoms with E-state index in [9.17, 15) is 15.3 Å². The zero-order valence-corrected chi connectivity index (χ0v) is 14.0. The van der Waals surface area contributed by atoms with Gasteiger partial charge in [-0.1, -0.05) is 23.8 Å². The van der Waals surface area contributed by atoms with Crippen molar-refractivity contribution < 1.29 is 20.1 Å². The molecule has 1 fully saturated rings. The summed E-state index contributed by atoms with van der Waals surface area (Å²) in [6, 6.07) is 7.68. The van der Waals surface area contributed by atoms with Gasteiger partial charge in [0.1, 0.15) is 23.8 Å². The molecule has 3 heterocycles. The first kappa shape index (κ1) is 16.9. The van der Waals surface area contributed by atoms with Crippen molar-refractivity contribution >= 4 is 17.0 Å². The third-order valence-corrected chi connectivity index (χ3v) is 4.52. The summed E-state index contributed by atoms with van der Waals surface area (Å²) < 4.78 is 7.06. The molecule has 0 spiro atoms. The molecule has 0 saturated carbocycles. The number of benzene rings is 1. The van der Waals surface area contributed by atoms with Gasteiger partial charge in [-0.05, 0) is 13.0 Å². The maximum atomic E-state index is 10.3. The van der Waals surface area contributed by atoms with Crippen LogP contribution in [-0.4, -0.2) is 59.8 Å². The summed E-state index contributed by atoms with van der Waals surface area (Å²) in [5.74, 6) is 0.629. The van der Waals surface area contributed by atoms with E-state index in [0.717, 1.165) is 11.1 Å². The lowest BCUT2D eigenvalue weighted by Gasteiger charge is -2.16. The Hall–Kier alpha value is -2.59. The Morgan fingerprint density at radius 2 is 2.04 bits per heavy atom. The fourth-order valence-corrected chi connectivity index (χ4v) is 3.15. The number of fused-ring (bicyclic) bond motifs is 1. The van der Waals surface area contributed by atoms with Gasteiger partial charge in [0.15, 0.2) is 23.5 Å². The fraction of sp³-hybridized carbons (Fsp3) is 0.353. The summed E-state index contributed by atoms with van der Waals surface area (Å²) in [6.45, 7) is 1.56. The molecule has 1 aromatic carbocycles. The maximum absolute atomic E-state index is 10.3. The van der Waals surface area contributed by atoms with Crippen LogP contribution >= 0.6 is 0 Å². The Morgan fingerprint density at radius 3 is 2.73 bits per heavy atom. The molecule has 26 heavy (non-hydrogen) atoms. The van der Waals surface area contributed by atoms with Crippen LogP contribution in [-0.2, 0) is 4.74 Å². The Balaban J connectivity index is 1.82. The number of aryl methyl sites for hydroxylation is 1. The topological polar surface area (TPSA) is 140 Å². The highest BCUT2D eigenvalue weighted by atomic mass is 16.6. The number of aliphatic hydroxyl groups is 3. The number of hydrogen-bond donors (Lipinski definition) is 4. The molecule has 3 aromatic rings. The second-order valence-electron chi connectivity index (χ2n) is 6.35. The molecule has 9 heteroatoms. The van der Waals surface area contributed by atoms with Gasteiger partial charge in [0.05, 0.1) is 12.9 Å². The Kier molecular flexibility index (Phi) is 4.08. The van der Waals surface area contributed by atoms with Crippen molar-refractivity contribution in [2.24, 2.45) is 0 Å². The number of hydrogen-bond acceptors (Lipinski definition) is 8. The molecule has 0 aliphatic carbocycles. The van der Waals surface area contributed by atoms with E-state index in [1.165, 1.54) is 10.9 Å². The number of nitrogens with two attached hydrogens (primary N) is 1. The minimum absolute atomic E-state index is 0.206. The summed E-state index contributed by atoms with van der Waals surface area (Å²) in [6.07, 6.45) is -2.84. The van der Waals surface area contributed by atoms with Gasteiger partial charge in [0, 0.05) is 5.56 Å². The number of rotatable bonds is 3. The summed E-state index contributed by atoms with van der Waals surface area (Å²) in [7, 11) is 0. The first-order valence-corrected chi connectivity index (χ1v) is 8.19. The number of nitrogen functional groups attached to an aromatic ring is 1. The molecule has 4 rings (SSSR count). The third-order valence-electron chi connectivity index (χ3n) is 4.52. The Bertz CT molecular complexity index is 959. The zero-order valence-electron chi connectivity index (χ0n) is 14.0. The number of ether oxygens (including phenoxy) is 1. The highest BCUT2D eigenvalue weighted by Crippen LogP contribution is 2.32. The van der Waals surface area contributed by atoms with E-state index >= 15 is 0 Å². The molecule has 1 aliphatic rings. The molecule has 0 amide bonds. The molecular weight excluding hydrogens is 338 g/mol. The van der Waals surface area contributed by atoms with Crippen LogP contribution < -0.4 is 5.73 Å². The van der Waals surface area contributed by atoms with Gasteiger partial charge in [0.25, 0.3) is 0 Å². The predicted octanol–water partition coefficient (Wildman–Crippen LogP) is -0.00458. The number of imidazole rings is 1. The van der Waals surface area contributed by atoms with Crippen LogP contribution in [0.2, 0.25) is 0 Å². The highest BCUT2D eigenvalue weighted by molar-refractivity contribution is 5.83. The second kappa shape index (κ2) is 6.29. The quantitative estimate of drug-likeness (QED) is 0.513. The van der Waals surface area contributed by atoms with Crippen molar-refractivity contribution in [3.8, 4) is 11.4 Å². The normalized spacial score (nSPS) is 25.8. The van der Waals surface area contributed by atoms with E-state index in [1.807, 2.05) is 31.2 Å². The van der Waals surface area contributed by atoms with Gasteiger partial charge in [-0.2, -0.15) is 0 Å². The predicted molar refractivity (Wildman–Crippen MR) is 92.9 cm³/mol. The highest BCUT2D eigenvalue weighted by Gasteiger charge is 2.44. The molecule has 136 valence electrons. The maximum Gasteiger partial charge on any atom is 0.168 e.